The molecule has 2 aromatic carbocycles. The van der Waals surface area contributed by atoms with Crippen LogP contribution in [0.4, 0.5) is 8.78 Å². The summed E-state index contributed by atoms with van der Waals surface area (Å²) in [5, 5.41) is 10.2. The fraction of sp³-hybridized carbons (Fsp3) is 0.176. The molecule has 0 aliphatic carbocycles. The van der Waals surface area contributed by atoms with Crippen molar-refractivity contribution in [2.24, 2.45) is 0 Å². The van der Waals surface area contributed by atoms with Gasteiger partial charge < -0.3 is 5.32 Å². The number of amides is 1. The minimum atomic E-state index is -0.694. The van der Waals surface area contributed by atoms with Gasteiger partial charge in [-0.3, -0.25) is 9.89 Å². The van der Waals surface area contributed by atoms with E-state index in [-0.39, 0.29) is 11.3 Å². The van der Waals surface area contributed by atoms with Crippen LogP contribution in [0.3, 0.4) is 0 Å². The Labute approximate surface area is 131 Å². The molecule has 3 aromatic rings. The largest absolute Gasteiger partial charge is 0.344 e. The summed E-state index contributed by atoms with van der Waals surface area (Å²) in [6.45, 7) is 3.55. The number of hydrogen-bond donors (Lipinski definition) is 2. The number of H-pyrrole nitrogens is 1. The summed E-state index contributed by atoms with van der Waals surface area (Å²) >= 11 is 0. The maximum Gasteiger partial charge on any atom is 0.272 e. The fourth-order valence-corrected chi connectivity index (χ4v) is 2.50. The Kier molecular flexibility index (Phi) is 3.82. The first-order chi connectivity index (χ1) is 11.0. The Hall–Kier alpha value is -2.76. The van der Waals surface area contributed by atoms with Gasteiger partial charge in [0.25, 0.3) is 5.91 Å². The summed E-state index contributed by atoms with van der Waals surface area (Å²) < 4.78 is 26.8. The van der Waals surface area contributed by atoms with Gasteiger partial charge in [-0.1, -0.05) is 17.7 Å². The predicted octanol–water partition coefficient (Wildman–Crippen LogP) is 3.64. The molecule has 0 saturated carbocycles. The monoisotopic (exact) mass is 315 g/mol. The van der Waals surface area contributed by atoms with Gasteiger partial charge in [-0.25, -0.2) is 8.78 Å². The number of aromatic amines is 1. The van der Waals surface area contributed by atoms with Crippen LogP contribution in [0.2, 0.25) is 0 Å². The van der Waals surface area contributed by atoms with Crippen molar-refractivity contribution in [3.8, 4) is 0 Å². The summed E-state index contributed by atoms with van der Waals surface area (Å²) in [4.78, 5) is 12.4. The van der Waals surface area contributed by atoms with E-state index in [1.165, 1.54) is 6.07 Å². The standard InChI is InChI=1S/C17H15F2N3O/c1-9-3-6-15-13(7-9)16(22-21-15)17(23)20-10(2)12-5-4-11(18)8-14(12)19/h3-8,10H,1-2H3,(H,20,23)(H,21,22). The van der Waals surface area contributed by atoms with Gasteiger partial charge in [0.15, 0.2) is 5.69 Å². The number of benzene rings is 2. The van der Waals surface area contributed by atoms with E-state index in [4.69, 9.17) is 0 Å². The van der Waals surface area contributed by atoms with Crippen LogP contribution < -0.4 is 5.32 Å². The number of fused-ring (bicyclic) bond motifs is 1. The molecule has 1 heterocycles. The fourth-order valence-electron chi connectivity index (χ4n) is 2.50. The molecular formula is C17H15F2N3O. The van der Waals surface area contributed by atoms with Crippen LogP contribution in [0.25, 0.3) is 10.9 Å². The SMILES string of the molecule is Cc1ccc2[nH]nc(C(=O)NC(C)c3ccc(F)cc3F)c2c1. The highest BCUT2D eigenvalue weighted by Crippen LogP contribution is 2.21. The molecule has 0 aliphatic heterocycles. The van der Waals surface area contributed by atoms with Crippen molar-refractivity contribution < 1.29 is 13.6 Å². The second-order valence-corrected chi connectivity index (χ2v) is 5.48. The number of carbonyl (C=O) groups excluding carboxylic acids is 1. The molecule has 23 heavy (non-hydrogen) atoms. The smallest absolute Gasteiger partial charge is 0.272 e. The normalized spacial score (nSPS) is 12.3. The number of carbonyl (C=O) groups is 1. The molecule has 118 valence electrons. The summed E-state index contributed by atoms with van der Waals surface area (Å²) in [5.74, 6) is -1.77. The summed E-state index contributed by atoms with van der Waals surface area (Å²) in [6, 6.07) is 8.29. The van der Waals surface area contributed by atoms with E-state index in [9.17, 15) is 13.6 Å². The average Bonchev–Trinajstić information content (AvgIpc) is 2.89. The van der Waals surface area contributed by atoms with Crippen LogP contribution in [0.15, 0.2) is 36.4 Å². The van der Waals surface area contributed by atoms with Crippen molar-refractivity contribution in [1.82, 2.24) is 15.5 Å². The Morgan fingerprint density at radius 3 is 2.74 bits per heavy atom. The van der Waals surface area contributed by atoms with E-state index >= 15 is 0 Å². The van der Waals surface area contributed by atoms with Gasteiger partial charge in [-0.2, -0.15) is 5.10 Å². The molecule has 0 fully saturated rings. The highest BCUT2D eigenvalue weighted by molar-refractivity contribution is 6.04. The molecule has 1 unspecified atom stereocenters. The second-order valence-electron chi connectivity index (χ2n) is 5.48. The van der Waals surface area contributed by atoms with Crippen molar-refractivity contribution >= 4 is 16.8 Å². The van der Waals surface area contributed by atoms with Crippen molar-refractivity contribution in [2.75, 3.05) is 0 Å². The van der Waals surface area contributed by atoms with E-state index in [0.29, 0.717) is 5.39 Å². The van der Waals surface area contributed by atoms with Crippen LogP contribution in [-0.4, -0.2) is 16.1 Å². The molecule has 1 amide bonds. The molecule has 1 atom stereocenters. The Morgan fingerprint density at radius 1 is 1.22 bits per heavy atom. The number of aromatic nitrogens is 2. The molecule has 0 spiro atoms. The molecule has 6 heteroatoms. The van der Waals surface area contributed by atoms with Gasteiger partial charge in [0.05, 0.1) is 11.6 Å². The second kappa shape index (κ2) is 5.79. The molecule has 0 aliphatic rings. The van der Waals surface area contributed by atoms with E-state index < -0.39 is 23.6 Å². The Balaban J connectivity index is 1.86. The topological polar surface area (TPSA) is 57.8 Å². The van der Waals surface area contributed by atoms with Crippen LogP contribution >= 0.6 is 0 Å². The van der Waals surface area contributed by atoms with Crippen molar-refractivity contribution in [1.29, 1.82) is 0 Å². The quantitative estimate of drug-likeness (QED) is 0.775. The van der Waals surface area contributed by atoms with E-state index in [2.05, 4.69) is 15.5 Å². The van der Waals surface area contributed by atoms with Crippen LogP contribution in [0.5, 0.6) is 0 Å². The zero-order chi connectivity index (χ0) is 16.6. The summed E-state index contributed by atoms with van der Waals surface area (Å²) in [7, 11) is 0. The van der Waals surface area contributed by atoms with Gasteiger partial charge in [0.2, 0.25) is 0 Å². The molecule has 4 nitrogen and oxygen atoms in total. The predicted molar refractivity (Wildman–Crippen MR) is 83.1 cm³/mol. The Bertz CT molecular complexity index is 889. The molecule has 1 aromatic heterocycles. The molecule has 3 rings (SSSR count). The van der Waals surface area contributed by atoms with Gasteiger partial charge in [-0.05, 0) is 32.0 Å². The zero-order valence-corrected chi connectivity index (χ0v) is 12.7. The number of nitrogens with zero attached hydrogens (tertiary/aromatic N) is 1. The van der Waals surface area contributed by atoms with Gasteiger partial charge in [-0.15, -0.1) is 0 Å². The summed E-state index contributed by atoms with van der Waals surface area (Å²) in [5.41, 5.74) is 2.22. The highest BCUT2D eigenvalue weighted by Gasteiger charge is 2.19. The highest BCUT2D eigenvalue weighted by atomic mass is 19.1. The van der Waals surface area contributed by atoms with Crippen LogP contribution in [0.1, 0.15) is 34.6 Å². The first kappa shape index (κ1) is 15.1. The lowest BCUT2D eigenvalue weighted by atomic mass is 10.1. The maximum atomic E-state index is 13.8. The number of hydrogen-bond acceptors (Lipinski definition) is 2. The maximum absolute atomic E-state index is 13.8. The van der Waals surface area contributed by atoms with Crippen LogP contribution in [0, 0.1) is 18.6 Å². The third-order valence-corrected chi connectivity index (χ3v) is 3.71. The third-order valence-electron chi connectivity index (χ3n) is 3.71. The first-order valence-electron chi connectivity index (χ1n) is 7.16. The number of nitrogens with one attached hydrogen (secondary N) is 2. The molecule has 0 radical (unpaired) electrons. The molecule has 0 bridgehead atoms. The van der Waals surface area contributed by atoms with Crippen LogP contribution in [-0.2, 0) is 0 Å². The minimum Gasteiger partial charge on any atom is -0.344 e. The number of rotatable bonds is 3. The first-order valence-corrected chi connectivity index (χ1v) is 7.16. The van der Waals surface area contributed by atoms with E-state index in [1.54, 1.807) is 6.92 Å². The van der Waals surface area contributed by atoms with Gasteiger partial charge in [0, 0.05) is 17.0 Å². The van der Waals surface area contributed by atoms with Gasteiger partial charge >= 0.3 is 0 Å². The lowest BCUT2D eigenvalue weighted by molar-refractivity contribution is 0.0936. The molecule has 0 saturated heterocycles. The van der Waals surface area contributed by atoms with E-state index in [0.717, 1.165) is 23.2 Å². The van der Waals surface area contributed by atoms with Crippen molar-refractivity contribution in [3.05, 3.63) is 64.9 Å². The van der Waals surface area contributed by atoms with Crippen molar-refractivity contribution in [2.45, 2.75) is 19.9 Å². The molecular weight excluding hydrogens is 300 g/mol. The zero-order valence-electron chi connectivity index (χ0n) is 12.7. The number of aryl methyl sites for hydroxylation is 1. The molecule has 2 N–H and O–H groups in total. The average molecular weight is 315 g/mol. The number of halogens is 2. The van der Waals surface area contributed by atoms with E-state index in [1.807, 2.05) is 25.1 Å². The Morgan fingerprint density at radius 2 is 2.00 bits per heavy atom. The summed E-state index contributed by atoms with van der Waals surface area (Å²) in [6.07, 6.45) is 0. The minimum absolute atomic E-state index is 0.218. The third kappa shape index (κ3) is 2.92. The lowest BCUT2D eigenvalue weighted by Crippen LogP contribution is -2.27. The lowest BCUT2D eigenvalue weighted by Gasteiger charge is -2.14. The van der Waals surface area contributed by atoms with Gasteiger partial charge in [0.1, 0.15) is 11.6 Å². The van der Waals surface area contributed by atoms with Crippen molar-refractivity contribution in [3.63, 3.8) is 0 Å².